The molecule has 0 amide bonds. The fourth-order valence-corrected chi connectivity index (χ4v) is 1.95. The van der Waals surface area contributed by atoms with Gasteiger partial charge in [-0.1, -0.05) is 0 Å². The Morgan fingerprint density at radius 3 is 2.75 bits per heavy atom. The highest BCUT2D eigenvalue weighted by atomic mass is 16.3. The molecule has 1 aromatic rings. The van der Waals surface area contributed by atoms with E-state index in [1.807, 2.05) is 19.1 Å². The fraction of sp³-hybridized carbons (Fsp3) is 0.500. The number of anilines is 1. The molecule has 0 bridgehead atoms. The Hall–Kier alpha value is -1.60. The predicted octanol–water partition coefficient (Wildman–Crippen LogP) is 1.22. The zero-order chi connectivity index (χ0) is 11.5. The average molecular weight is 217 g/mol. The van der Waals surface area contributed by atoms with E-state index >= 15 is 0 Å². The Bertz CT molecular complexity index is 417. The number of hydrogen-bond donors (Lipinski definition) is 1. The van der Waals surface area contributed by atoms with E-state index in [2.05, 4.69) is 16.0 Å². The summed E-state index contributed by atoms with van der Waals surface area (Å²) in [7, 11) is 0. The van der Waals surface area contributed by atoms with Gasteiger partial charge in [0.25, 0.3) is 0 Å². The maximum atomic E-state index is 9.44. The number of aliphatic hydroxyl groups is 1. The summed E-state index contributed by atoms with van der Waals surface area (Å²) in [5.41, 5.74) is 1.53. The first kappa shape index (κ1) is 10.9. The number of nitrogens with zero attached hydrogens (tertiary/aromatic N) is 3. The summed E-state index contributed by atoms with van der Waals surface area (Å²) >= 11 is 0. The topological polar surface area (TPSA) is 60.2 Å². The quantitative estimate of drug-likeness (QED) is 0.768. The Kier molecular flexibility index (Phi) is 3.07. The van der Waals surface area contributed by atoms with Gasteiger partial charge in [0.15, 0.2) is 0 Å². The van der Waals surface area contributed by atoms with Crippen molar-refractivity contribution in [3.05, 3.63) is 23.4 Å². The van der Waals surface area contributed by atoms with Crippen molar-refractivity contribution in [2.75, 3.05) is 18.0 Å². The molecule has 0 aromatic carbocycles. The lowest BCUT2D eigenvalue weighted by Crippen LogP contribution is -2.36. The van der Waals surface area contributed by atoms with E-state index in [4.69, 9.17) is 5.26 Å². The van der Waals surface area contributed by atoms with Gasteiger partial charge in [0, 0.05) is 18.8 Å². The van der Waals surface area contributed by atoms with Crippen LogP contribution in [0, 0.1) is 18.3 Å². The summed E-state index contributed by atoms with van der Waals surface area (Å²) in [6.45, 7) is 3.46. The SMILES string of the molecule is Cc1ccc(C#N)c(N2CCC(O)CC2)n1. The van der Waals surface area contributed by atoms with Gasteiger partial charge in [-0.05, 0) is 31.9 Å². The van der Waals surface area contributed by atoms with Gasteiger partial charge in [0.05, 0.1) is 11.7 Å². The largest absolute Gasteiger partial charge is 0.393 e. The van der Waals surface area contributed by atoms with Crippen molar-refractivity contribution >= 4 is 5.82 Å². The summed E-state index contributed by atoms with van der Waals surface area (Å²) in [4.78, 5) is 6.50. The molecule has 4 nitrogen and oxygen atoms in total. The summed E-state index contributed by atoms with van der Waals surface area (Å²) in [6, 6.07) is 5.82. The minimum atomic E-state index is -0.202. The molecule has 1 saturated heterocycles. The highest BCUT2D eigenvalue weighted by Gasteiger charge is 2.20. The number of aliphatic hydroxyl groups excluding tert-OH is 1. The van der Waals surface area contributed by atoms with E-state index in [0.29, 0.717) is 5.56 Å². The number of rotatable bonds is 1. The molecule has 4 heteroatoms. The number of aromatic nitrogens is 1. The van der Waals surface area contributed by atoms with Crippen molar-refractivity contribution in [3.8, 4) is 6.07 Å². The van der Waals surface area contributed by atoms with Gasteiger partial charge >= 0.3 is 0 Å². The number of piperidine rings is 1. The van der Waals surface area contributed by atoms with Crippen LogP contribution >= 0.6 is 0 Å². The highest BCUT2D eigenvalue weighted by Crippen LogP contribution is 2.22. The van der Waals surface area contributed by atoms with Crippen LogP contribution in [0.3, 0.4) is 0 Å². The third kappa shape index (κ3) is 2.15. The molecule has 1 aliphatic rings. The average Bonchev–Trinajstić information content (AvgIpc) is 2.30. The monoisotopic (exact) mass is 217 g/mol. The van der Waals surface area contributed by atoms with Crippen molar-refractivity contribution in [2.24, 2.45) is 0 Å². The molecular weight excluding hydrogens is 202 g/mol. The molecule has 84 valence electrons. The van der Waals surface area contributed by atoms with Crippen LogP contribution in [0.1, 0.15) is 24.1 Å². The van der Waals surface area contributed by atoms with Crippen molar-refractivity contribution in [1.82, 2.24) is 4.98 Å². The molecule has 0 spiro atoms. The molecule has 2 rings (SSSR count). The molecule has 1 aliphatic heterocycles. The van der Waals surface area contributed by atoms with E-state index in [-0.39, 0.29) is 6.10 Å². The van der Waals surface area contributed by atoms with E-state index in [9.17, 15) is 5.11 Å². The lowest BCUT2D eigenvalue weighted by atomic mass is 10.1. The zero-order valence-electron chi connectivity index (χ0n) is 9.35. The lowest BCUT2D eigenvalue weighted by molar-refractivity contribution is 0.145. The lowest BCUT2D eigenvalue weighted by Gasteiger charge is -2.31. The van der Waals surface area contributed by atoms with Gasteiger partial charge in [-0.3, -0.25) is 0 Å². The van der Waals surface area contributed by atoms with E-state index in [0.717, 1.165) is 37.4 Å². The van der Waals surface area contributed by atoms with Crippen LogP contribution in [0.25, 0.3) is 0 Å². The number of aryl methyl sites for hydroxylation is 1. The zero-order valence-corrected chi connectivity index (χ0v) is 9.35. The molecule has 0 atom stereocenters. The Morgan fingerprint density at radius 2 is 2.12 bits per heavy atom. The second-order valence-electron chi connectivity index (χ2n) is 4.15. The van der Waals surface area contributed by atoms with Gasteiger partial charge in [0.1, 0.15) is 11.9 Å². The number of nitriles is 1. The molecule has 1 aromatic heterocycles. The van der Waals surface area contributed by atoms with Crippen molar-refractivity contribution in [1.29, 1.82) is 5.26 Å². The first-order chi connectivity index (χ1) is 7.70. The third-order valence-electron chi connectivity index (χ3n) is 2.90. The van der Waals surface area contributed by atoms with Crippen molar-refractivity contribution in [2.45, 2.75) is 25.9 Å². The van der Waals surface area contributed by atoms with Gasteiger partial charge in [-0.2, -0.15) is 5.26 Å². The smallest absolute Gasteiger partial charge is 0.146 e. The second kappa shape index (κ2) is 4.50. The molecule has 0 radical (unpaired) electrons. The summed E-state index contributed by atoms with van der Waals surface area (Å²) < 4.78 is 0. The normalized spacial score (nSPS) is 17.2. The Balaban J connectivity index is 2.26. The molecule has 0 saturated carbocycles. The van der Waals surface area contributed by atoms with E-state index in [1.54, 1.807) is 0 Å². The first-order valence-corrected chi connectivity index (χ1v) is 5.51. The fourth-order valence-electron chi connectivity index (χ4n) is 1.95. The number of hydrogen-bond acceptors (Lipinski definition) is 4. The standard InChI is InChI=1S/C12H15N3O/c1-9-2-3-10(8-13)12(14-9)15-6-4-11(16)5-7-15/h2-3,11,16H,4-7H2,1H3. The van der Waals surface area contributed by atoms with Gasteiger partial charge in [-0.25, -0.2) is 4.98 Å². The molecule has 1 N–H and O–H groups in total. The van der Waals surface area contributed by atoms with Gasteiger partial charge in [-0.15, -0.1) is 0 Å². The Labute approximate surface area is 95.1 Å². The molecular formula is C12H15N3O. The van der Waals surface area contributed by atoms with Gasteiger partial charge in [0.2, 0.25) is 0 Å². The summed E-state index contributed by atoms with van der Waals surface area (Å²) in [5.74, 6) is 0.759. The minimum Gasteiger partial charge on any atom is -0.393 e. The molecule has 0 unspecified atom stereocenters. The van der Waals surface area contributed by atoms with Crippen LogP contribution in [0.2, 0.25) is 0 Å². The molecule has 1 fully saturated rings. The summed E-state index contributed by atoms with van der Waals surface area (Å²) in [5, 5.41) is 18.5. The molecule has 0 aliphatic carbocycles. The maximum absolute atomic E-state index is 9.44. The van der Waals surface area contributed by atoms with Crippen molar-refractivity contribution < 1.29 is 5.11 Å². The predicted molar refractivity (Wildman–Crippen MR) is 61.1 cm³/mol. The van der Waals surface area contributed by atoms with Crippen LogP contribution in [-0.2, 0) is 0 Å². The first-order valence-electron chi connectivity index (χ1n) is 5.51. The van der Waals surface area contributed by atoms with E-state index in [1.165, 1.54) is 0 Å². The Morgan fingerprint density at radius 1 is 1.44 bits per heavy atom. The molecule has 16 heavy (non-hydrogen) atoms. The number of pyridine rings is 1. The summed E-state index contributed by atoms with van der Waals surface area (Å²) in [6.07, 6.45) is 1.30. The van der Waals surface area contributed by atoms with E-state index < -0.39 is 0 Å². The van der Waals surface area contributed by atoms with Crippen LogP contribution < -0.4 is 4.90 Å². The van der Waals surface area contributed by atoms with Crippen LogP contribution in [0.5, 0.6) is 0 Å². The second-order valence-corrected chi connectivity index (χ2v) is 4.15. The third-order valence-corrected chi connectivity index (χ3v) is 2.90. The molecule has 2 heterocycles. The van der Waals surface area contributed by atoms with Gasteiger partial charge < -0.3 is 10.0 Å². The highest BCUT2D eigenvalue weighted by molar-refractivity contribution is 5.54. The minimum absolute atomic E-state index is 0.202. The maximum Gasteiger partial charge on any atom is 0.146 e. The van der Waals surface area contributed by atoms with Crippen LogP contribution in [0.4, 0.5) is 5.82 Å². The van der Waals surface area contributed by atoms with Crippen LogP contribution in [0.15, 0.2) is 12.1 Å². The van der Waals surface area contributed by atoms with Crippen LogP contribution in [-0.4, -0.2) is 29.3 Å². The van der Waals surface area contributed by atoms with Crippen molar-refractivity contribution in [3.63, 3.8) is 0 Å².